The largest absolute Gasteiger partial charge is 0.337 e. The van der Waals surface area contributed by atoms with E-state index in [1.165, 1.54) is 4.90 Å². The predicted octanol–water partition coefficient (Wildman–Crippen LogP) is 2.65. The Hall–Kier alpha value is -2.43. The van der Waals surface area contributed by atoms with Crippen LogP contribution >= 0.6 is 0 Å². The fourth-order valence-electron chi connectivity index (χ4n) is 2.31. The highest BCUT2D eigenvalue weighted by molar-refractivity contribution is 5.94. The highest BCUT2D eigenvalue weighted by Gasteiger charge is 2.23. The van der Waals surface area contributed by atoms with Crippen LogP contribution in [0.3, 0.4) is 0 Å². The summed E-state index contributed by atoms with van der Waals surface area (Å²) < 4.78 is 0. The van der Waals surface area contributed by atoms with E-state index in [4.69, 9.17) is 0 Å². The molecule has 0 saturated carbocycles. The number of rotatable bonds is 3. The van der Waals surface area contributed by atoms with Crippen LogP contribution in [0.5, 0.6) is 0 Å². The minimum Gasteiger partial charge on any atom is -0.337 e. The van der Waals surface area contributed by atoms with Gasteiger partial charge in [0.05, 0.1) is 5.69 Å². The van der Waals surface area contributed by atoms with Crippen LogP contribution in [0, 0.1) is 6.92 Å². The van der Waals surface area contributed by atoms with E-state index in [2.05, 4.69) is 9.97 Å². The van der Waals surface area contributed by atoms with Crippen LogP contribution in [0.4, 0.5) is 0 Å². The van der Waals surface area contributed by atoms with Crippen molar-refractivity contribution >= 4 is 5.91 Å². The Labute approximate surface area is 136 Å². The summed E-state index contributed by atoms with van der Waals surface area (Å²) in [5.74, 6) is 0.267. The Morgan fingerprint density at radius 3 is 2.35 bits per heavy atom. The van der Waals surface area contributed by atoms with Crippen molar-refractivity contribution in [3.8, 4) is 0 Å². The second kappa shape index (κ2) is 6.36. The van der Waals surface area contributed by atoms with E-state index in [1.54, 1.807) is 14.0 Å². The minimum absolute atomic E-state index is 0.108. The van der Waals surface area contributed by atoms with Gasteiger partial charge in [-0.05, 0) is 12.5 Å². The van der Waals surface area contributed by atoms with Crippen LogP contribution in [0.25, 0.3) is 0 Å². The molecule has 0 bridgehead atoms. The third kappa shape index (κ3) is 3.86. The van der Waals surface area contributed by atoms with Gasteiger partial charge >= 0.3 is 0 Å². The van der Waals surface area contributed by atoms with Gasteiger partial charge in [-0.1, -0.05) is 51.1 Å². The number of nitrogens with one attached hydrogen (secondary N) is 1. The van der Waals surface area contributed by atoms with E-state index in [9.17, 15) is 9.59 Å². The summed E-state index contributed by atoms with van der Waals surface area (Å²) in [4.78, 5) is 33.7. The second-order valence-electron chi connectivity index (χ2n) is 6.77. The molecule has 1 N–H and O–H groups in total. The topological polar surface area (TPSA) is 66.1 Å². The first kappa shape index (κ1) is 16.9. The van der Waals surface area contributed by atoms with Gasteiger partial charge in [-0.3, -0.25) is 9.59 Å². The van der Waals surface area contributed by atoms with Gasteiger partial charge in [0.25, 0.3) is 11.5 Å². The Kier molecular flexibility index (Phi) is 4.68. The third-order valence-corrected chi connectivity index (χ3v) is 3.63. The molecule has 0 saturated heterocycles. The van der Waals surface area contributed by atoms with Gasteiger partial charge in [-0.25, -0.2) is 4.98 Å². The molecule has 0 spiro atoms. The first-order valence-corrected chi connectivity index (χ1v) is 7.61. The molecule has 0 atom stereocenters. The zero-order chi connectivity index (χ0) is 17.2. The van der Waals surface area contributed by atoms with Crippen LogP contribution < -0.4 is 5.56 Å². The van der Waals surface area contributed by atoms with Gasteiger partial charge < -0.3 is 9.88 Å². The summed E-state index contributed by atoms with van der Waals surface area (Å²) in [6, 6.07) is 9.66. The highest BCUT2D eigenvalue weighted by Crippen LogP contribution is 2.18. The molecule has 122 valence electrons. The fourth-order valence-corrected chi connectivity index (χ4v) is 2.31. The smallest absolute Gasteiger partial charge is 0.264 e. The van der Waals surface area contributed by atoms with E-state index in [1.807, 2.05) is 51.1 Å². The van der Waals surface area contributed by atoms with Crippen molar-refractivity contribution < 1.29 is 4.79 Å². The molecule has 1 aromatic heterocycles. The maximum absolute atomic E-state index is 12.6. The lowest BCUT2D eigenvalue weighted by Gasteiger charge is -2.20. The van der Waals surface area contributed by atoms with E-state index in [0.29, 0.717) is 18.1 Å². The zero-order valence-electron chi connectivity index (χ0n) is 14.3. The number of carbonyl (C=O) groups excluding carboxylic acids is 1. The van der Waals surface area contributed by atoms with Crippen LogP contribution in [0.15, 0.2) is 35.1 Å². The lowest BCUT2D eigenvalue weighted by atomic mass is 9.95. The summed E-state index contributed by atoms with van der Waals surface area (Å²) >= 11 is 0. The third-order valence-electron chi connectivity index (χ3n) is 3.63. The molecular weight excluding hydrogens is 290 g/mol. The monoisotopic (exact) mass is 313 g/mol. The van der Waals surface area contributed by atoms with Gasteiger partial charge in [0.2, 0.25) is 0 Å². The molecule has 0 radical (unpaired) electrons. The molecule has 0 aliphatic heterocycles. The quantitative estimate of drug-likeness (QED) is 0.947. The molecule has 1 heterocycles. The average molecular weight is 313 g/mol. The first-order chi connectivity index (χ1) is 10.7. The lowest BCUT2D eigenvalue weighted by Crippen LogP contribution is -2.34. The Bertz CT molecular complexity index is 758. The molecule has 0 fully saturated rings. The second-order valence-corrected chi connectivity index (χ2v) is 6.77. The highest BCUT2D eigenvalue weighted by atomic mass is 16.2. The SMILES string of the molecule is Cc1nc(C(C)(C)C)[nH]c(=O)c1C(=O)N(C)Cc1ccccc1. The molecule has 2 aromatic rings. The van der Waals surface area contributed by atoms with Gasteiger partial charge in [-0.15, -0.1) is 0 Å². The molecule has 1 amide bonds. The Morgan fingerprint density at radius 1 is 1.22 bits per heavy atom. The summed E-state index contributed by atoms with van der Waals surface area (Å²) in [6.07, 6.45) is 0. The van der Waals surface area contributed by atoms with Crippen molar-refractivity contribution in [2.24, 2.45) is 0 Å². The molecule has 23 heavy (non-hydrogen) atoms. The van der Waals surface area contributed by atoms with Gasteiger partial charge in [-0.2, -0.15) is 0 Å². The van der Waals surface area contributed by atoms with Crippen LogP contribution in [0.1, 0.15) is 48.2 Å². The maximum atomic E-state index is 12.6. The number of H-pyrrole nitrogens is 1. The number of hydrogen-bond donors (Lipinski definition) is 1. The summed E-state index contributed by atoms with van der Waals surface area (Å²) in [5.41, 5.74) is 0.922. The molecule has 2 rings (SSSR count). The van der Waals surface area contributed by atoms with E-state index >= 15 is 0 Å². The molecule has 0 aliphatic carbocycles. The number of aryl methyl sites for hydroxylation is 1. The normalized spacial score (nSPS) is 11.3. The standard InChI is InChI=1S/C18H23N3O2/c1-12-14(15(22)20-17(19-12)18(2,3)4)16(23)21(5)11-13-9-7-6-8-10-13/h6-10H,11H2,1-5H3,(H,19,20,22). The number of nitrogens with zero attached hydrogens (tertiary/aromatic N) is 2. The molecule has 0 unspecified atom stereocenters. The van der Waals surface area contributed by atoms with Crippen molar-refractivity contribution in [3.05, 3.63) is 63.3 Å². The van der Waals surface area contributed by atoms with Crippen molar-refractivity contribution in [2.45, 2.75) is 39.7 Å². The first-order valence-electron chi connectivity index (χ1n) is 7.61. The molecular formula is C18H23N3O2. The van der Waals surface area contributed by atoms with Crippen LogP contribution in [-0.2, 0) is 12.0 Å². The van der Waals surface area contributed by atoms with Gasteiger partial charge in [0.15, 0.2) is 0 Å². The lowest BCUT2D eigenvalue weighted by molar-refractivity contribution is 0.0781. The Balaban J connectivity index is 2.31. The zero-order valence-corrected chi connectivity index (χ0v) is 14.3. The number of aromatic nitrogens is 2. The van der Waals surface area contributed by atoms with E-state index in [-0.39, 0.29) is 22.4 Å². The average Bonchev–Trinajstić information content (AvgIpc) is 2.46. The Morgan fingerprint density at radius 2 is 1.83 bits per heavy atom. The number of hydrogen-bond acceptors (Lipinski definition) is 3. The number of benzene rings is 1. The predicted molar refractivity (Wildman–Crippen MR) is 90.5 cm³/mol. The molecule has 5 heteroatoms. The van der Waals surface area contributed by atoms with Gasteiger partial charge in [0, 0.05) is 19.0 Å². The fraction of sp³-hybridized carbons (Fsp3) is 0.389. The molecule has 0 aliphatic rings. The summed E-state index contributed by atoms with van der Waals surface area (Å²) in [7, 11) is 1.69. The van der Waals surface area contributed by atoms with E-state index in [0.717, 1.165) is 5.56 Å². The van der Waals surface area contributed by atoms with Crippen molar-refractivity contribution in [1.29, 1.82) is 0 Å². The summed E-state index contributed by atoms with van der Waals surface area (Å²) in [6.45, 7) is 8.04. The van der Waals surface area contributed by atoms with Crippen molar-refractivity contribution in [1.82, 2.24) is 14.9 Å². The van der Waals surface area contributed by atoms with Crippen LogP contribution in [0.2, 0.25) is 0 Å². The number of amides is 1. The van der Waals surface area contributed by atoms with Crippen molar-refractivity contribution in [2.75, 3.05) is 7.05 Å². The molecule has 1 aromatic carbocycles. The molecule has 5 nitrogen and oxygen atoms in total. The van der Waals surface area contributed by atoms with Gasteiger partial charge in [0.1, 0.15) is 11.4 Å². The van der Waals surface area contributed by atoms with E-state index < -0.39 is 0 Å². The van der Waals surface area contributed by atoms with Crippen molar-refractivity contribution in [3.63, 3.8) is 0 Å². The summed E-state index contributed by atoms with van der Waals surface area (Å²) in [5, 5.41) is 0. The number of carbonyl (C=O) groups is 1. The number of aromatic amines is 1. The maximum Gasteiger partial charge on any atom is 0.264 e. The van der Waals surface area contributed by atoms with Crippen LogP contribution in [-0.4, -0.2) is 27.8 Å². The minimum atomic E-state index is -0.382.